The minimum absolute atomic E-state index is 0.0767. The molecule has 2 aromatic carbocycles. The van der Waals surface area contributed by atoms with Crippen LogP contribution in [-0.2, 0) is 14.8 Å². The molecule has 144 valence electrons. The van der Waals surface area contributed by atoms with Crippen molar-refractivity contribution in [3.63, 3.8) is 0 Å². The van der Waals surface area contributed by atoms with Gasteiger partial charge in [0.25, 0.3) is 0 Å². The number of benzene rings is 2. The summed E-state index contributed by atoms with van der Waals surface area (Å²) < 4.78 is 33.4. The van der Waals surface area contributed by atoms with Crippen molar-refractivity contribution in [3.05, 3.63) is 54.1 Å². The van der Waals surface area contributed by atoms with Crippen LogP contribution in [0.25, 0.3) is 0 Å². The van der Waals surface area contributed by atoms with Gasteiger partial charge in [0.05, 0.1) is 11.5 Å². The summed E-state index contributed by atoms with van der Waals surface area (Å²) in [6.45, 7) is 4.97. The molecule has 27 heavy (non-hydrogen) atoms. The number of carbonyl (C=O) groups is 1. The van der Waals surface area contributed by atoms with E-state index in [2.05, 4.69) is 4.72 Å². The van der Waals surface area contributed by atoms with E-state index in [1.54, 1.807) is 24.0 Å². The molecule has 1 saturated heterocycles. The molecule has 0 saturated carbocycles. The molecular weight excluding hydrogens is 364 g/mol. The molecule has 0 aromatic heterocycles. The van der Waals surface area contributed by atoms with E-state index in [9.17, 15) is 13.2 Å². The predicted molar refractivity (Wildman–Crippen MR) is 104 cm³/mol. The van der Waals surface area contributed by atoms with Crippen LogP contribution in [0, 0.1) is 0 Å². The Hall–Kier alpha value is -2.38. The van der Waals surface area contributed by atoms with Crippen molar-refractivity contribution >= 4 is 21.6 Å². The maximum atomic E-state index is 12.7. The van der Waals surface area contributed by atoms with Gasteiger partial charge < -0.3 is 9.64 Å². The van der Waals surface area contributed by atoms with E-state index in [0.29, 0.717) is 19.6 Å². The summed E-state index contributed by atoms with van der Waals surface area (Å²) in [4.78, 5) is 13.7. The second-order valence-corrected chi connectivity index (χ2v) is 8.20. The first-order chi connectivity index (χ1) is 12.9. The normalized spacial score (nSPS) is 15.8. The Balaban J connectivity index is 1.71. The summed E-state index contributed by atoms with van der Waals surface area (Å²) >= 11 is 0. The molecule has 1 heterocycles. The number of nitrogens with one attached hydrogen (secondary N) is 1. The number of hydrogen-bond donors (Lipinski definition) is 1. The van der Waals surface area contributed by atoms with Gasteiger partial charge in [-0.05, 0) is 62.2 Å². The highest BCUT2D eigenvalue weighted by molar-refractivity contribution is 7.89. The number of rotatable bonds is 7. The molecule has 1 aliphatic heterocycles. The summed E-state index contributed by atoms with van der Waals surface area (Å²) in [6.07, 6.45) is 1.38. The van der Waals surface area contributed by atoms with Gasteiger partial charge in [0.2, 0.25) is 15.9 Å². The van der Waals surface area contributed by atoms with Crippen LogP contribution in [0.5, 0.6) is 5.75 Å². The van der Waals surface area contributed by atoms with Gasteiger partial charge in [0.15, 0.2) is 0 Å². The van der Waals surface area contributed by atoms with E-state index >= 15 is 0 Å². The van der Waals surface area contributed by atoms with Crippen LogP contribution in [0.1, 0.15) is 38.3 Å². The third kappa shape index (κ3) is 4.48. The highest BCUT2D eigenvalue weighted by Crippen LogP contribution is 2.24. The van der Waals surface area contributed by atoms with Gasteiger partial charge >= 0.3 is 0 Å². The molecule has 1 fully saturated rings. The lowest BCUT2D eigenvalue weighted by Gasteiger charge is -2.17. The van der Waals surface area contributed by atoms with Crippen LogP contribution < -0.4 is 14.4 Å². The Morgan fingerprint density at radius 3 is 2.33 bits per heavy atom. The van der Waals surface area contributed by atoms with E-state index in [-0.39, 0.29) is 16.8 Å². The van der Waals surface area contributed by atoms with Gasteiger partial charge in [-0.3, -0.25) is 4.79 Å². The minimum atomic E-state index is -3.67. The van der Waals surface area contributed by atoms with Gasteiger partial charge in [0, 0.05) is 24.7 Å². The summed E-state index contributed by atoms with van der Waals surface area (Å²) in [5, 5.41) is 0. The maximum Gasteiger partial charge on any atom is 0.241 e. The van der Waals surface area contributed by atoms with E-state index in [1.807, 2.05) is 31.2 Å². The Kier molecular flexibility index (Phi) is 5.82. The lowest BCUT2D eigenvalue weighted by molar-refractivity contribution is -0.117. The predicted octanol–water partition coefficient (Wildman–Crippen LogP) is 3.25. The minimum Gasteiger partial charge on any atom is -0.494 e. The van der Waals surface area contributed by atoms with Crippen molar-refractivity contribution in [1.29, 1.82) is 0 Å². The van der Waals surface area contributed by atoms with E-state index in [0.717, 1.165) is 23.4 Å². The number of amides is 1. The van der Waals surface area contributed by atoms with Crippen LogP contribution in [0.15, 0.2) is 53.4 Å². The number of carbonyl (C=O) groups excluding carboxylic acids is 1. The van der Waals surface area contributed by atoms with Crippen molar-refractivity contribution in [1.82, 2.24) is 4.72 Å². The largest absolute Gasteiger partial charge is 0.494 e. The molecule has 1 aliphatic rings. The monoisotopic (exact) mass is 388 g/mol. The van der Waals surface area contributed by atoms with Crippen molar-refractivity contribution in [2.24, 2.45) is 0 Å². The molecular formula is C20H24N2O4S. The number of ether oxygens (including phenoxy) is 1. The fourth-order valence-electron chi connectivity index (χ4n) is 3.11. The second kappa shape index (κ2) is 8.10. The average molecular weight is 388 g/mol. The smallest absolute Gasteiger partial charge is 0.241 e. The fraction of sp³-hybridized carbons (Fsp3) is 0.350. The number of sulfonamides is 1. The van der Waals surface area contributed by atoms with Crippen LogP contribution in [-0.4, -0.2) is 27.5 Å². The van der Waals surface area contributed by atoms with Crippen LogP contribution in [0.3, 0.4) is 0 Å². The highest BCUT2D eigenvalue weighted by Gasteiger charge is 2.23. The average Bonchev–Trinajstić information content (AvgIpc) is 3.08. The van der Waals surface area contributed by atoms with Crippen LogP contribution >= 0.6 is 0 Å². The molecule has 0 bridgehead atoms. The summed E-state index contributed by atoms with van der Waals surface area (Å²) in [7, 11) is -3.67. The van der Waals surface area contributed by atoms with Gasteiger partial charge in [-0.25, -0.2) is 13.1 Å². The molecule has 7 heteroatoms. The van der Waals surface area contributed by atoms with Crippen molar-refractivity contribution < 1.29 is 17.9 Å². The first-order valence-corrected chi connectivity index (χ1v) is 10.5. The van der Waals surface area contributed by atoms with Crippen LogP contribution in [0.4, 0.5) is 5.69 Å². The topological polar surface area (TPSA) is 75.7 Å². The zero-order valence-corrected chi connectivity index (χ0v) is 16.3. The quantitative estimate of drug-likeness (QED) is 0.790. The maximum absolute atomic E-state index is 12.7. The summed E-state index contributed by atoms with van der Waals surface area (Å²) in [5.74, 6) is 0.830. The van der Waals surface area contributed by atoms with E-state index < -0.39 is 10.0 Å². The van der Waals surface area contributed by atoms with Crippen molar-refractivity contribution in [3.8, 4) is 5.75 Å². The molecule has 1 unspecified atom stereocenters. The number of nitrogens with zero attached hydrogens (tertiary/aromatic N) is 1. The third-order valence-electron chi connectivity index (χ3n) is 4.56. The Morgan fingerprint density at radius 1 is 1.11 bits per heavy atom. The lowest BCUT2D eigenvalue weighted by atomic mass is 10.1. The van der Waals surface area contributed by atoms with Crippen LogP contribution in [0.2, 0.25) is 0 Å². The second-order valence-electron chi connectivity index (χ2n) is 6.49. The molecule has 6 nitrogen and oxygen atoms in total. The molecule has 0 radical (unpaired) electrons. The molecule has 1 N–H and O–H groups in total. The lowest BCUT2D eigenvalue weighted by Crippen LogP contribution is -2.27. The molecule has 2 aromatic rings. The summed E-state index contributed by atoms with van der Waals surface area (Å²) in [5.41, 5.74) is 1.58. The van der Waals surface area contributed by atoms with Gasteiger partial charge in [-0.2, -0.15) is 0 Å². The Labute approximate surface area is 160 Å². The highest BCUT2D eigenvalue weighted by atomic mass is 32.2. The van der Waals surface area contributed by atoms with E-state index in [4.69, 9.17) is 4.74 Å². The Morgan fingerprint density at radius 2 is 1.78 bits per heavy atom. The van der Waals surface area contributed by atoms with Crippen molar-refractivity contribution in [2.75, 3.05) is 18.1 Å². The van der Waals surface area contributed by atoms with Gasteiger partial charge in [-0.15, -0.1) is 0 Å². The number of anilines is 1. The van der Waals surface area contributed by atoms with E-state index in [1.165, 1.54) is 12.1 Å². The first kappa shape index (κ1) is 19.4. The fourth-order valence-corrected chi connectivity index (χ4v) is 4.35. The third-order valence-corrected chi connectivity index (χ3v) is 6.11. The van der Waals surface area contributed by atoms with Gasteiger partial charge in [-0.1, -0.05) is 12.1 Å². The zero-order valence-electron chi connectivity index (χ0n) is 15.5. The standard InChI is InChI=1S/C20H24N2O4S/c1-3-26-18-10-6-16(7-11-18)15(2)21-27(24,25)19-12-8-17(9-13-19)22-14-4-5-20(22)23/h6-13,15,21H,3-5,14H2,1-2H3. The molecule has 0 aliphatic carbocycles. The molecule has 1 atom stereocenters. The molecule has 1 amide bonds. The van der Waals surface area contributed by atoms with Crippen molar-refractivity contribution in [2.45, 2.75) is 37.6 Å². The van der Waals surface area contributed by atoms with Gasteiger partial charge in [0.1, 0.15) is 5.75 Å². The number of hydrogen-bond acceptors (Lipinski definition) is 4. The SMILES string of the molecule is CCOc1ccc(C(C)NS(=O)(=O)c2ccc(N3CCCC3=O)cc2)cc1. The molecule has 3 rings (SSSR count). The molecule has 0 spiro atoms. The first-order valence-electron chi connectivity index (χ1n) is 9.06. The zero-order chi connectivity index (χ0) is 19.4. The summed E-state index contributed by atoms with van der Waals surface area (Å²) in [6, 6.07) is 13.4. The Bertz CT molecular complexity index is 893.